The van der Waals surface area contributed by atoms with E-state index in [0.717, 1.165) is 6.42 Å². The minimum absolute atomic E-state index is 0.101. The van der Waals surface area contributed by atoms with Gasteiger partial charge in [0.15, 0.2) is 0 Å². The van der Waals surface area contributed by atoms with Gasteiger partial charge in [0.1, 0.15) is 4.90 Å². The van der Waals surface area contributed by atoms with E-state index >= 15 is 0 Å². The molecule has 1 rings (SSSR count). The predicted molar refractivity (Wildman–Crippen MR) is 79.7 cm³/mol. The highest BCUT2D eigenvalue weighted by molar-refractivity contribution is 7.89. The van der Waals surface area contributed by atoms with Crippen molar-refractivity contribution in [2.75, 3.05) is 20.1 Å². The first-order chi connectivity index (χ1) is 9.42. The lowest BCUT2D eigenvalue weighted by molar-refractivity contribution is 0.256. The third-order valence-corrected chi connectivity index (χ3v) is 4.97. The Morgan fingerprint density at radius 1 is 1.50 bits per heavy atom. The first-order valence-corrected chi connectivity index (χ1v) is 8.24. The van der Waals surface area contributed by atoms with Gasteiger partial charge in [0, 0.05) is 31.9 Å². The lowest BCUT2D eigenvalue weighted by Gasteiger charge is -2.23. The zero-order chi connectivity index (χ0) is 15.2. The zero-order valence-corrected chi connectivity index (χ0v) is 13.2. The number of hydrogen-bond donors (Lipinski definition) is 2. The van der Waals surface area contributed by atoms with Crippen molar-refractivity contribution in [3.8, 4) is 0 Å². The smallest absolute Gasteiger partial charge is 0.242 e. The van der Waals surface area contributed by atoms with Gasteiger partial charge in [-0.25, -0.2) is 13.1 Å². The molecule has 1 heterocycles. The molecule has 1 atom stereocenters. The predicted octanol–water partition coefficient (Wildman–Crippen LogP) is 0.549. The Balaban J connectivity index is 2.67. The number of sulfonamides is 1. The second-order valence-electron chi connectivity index (χ2n) is 4.79. The van der Waals surface area contributed by atoms with Gasteiger partial charge in [-0.2, -0.15) is 0 Å². The lowest BCUT2D eigenvalue weighted by Crippen LogP contribution is -2.37. The van der Waals surface area contributed by atoms with Crippen LogP contribution in [0.5, 0.6) is 0 Å². The Bertz CT molecular complexity index is 519. The van der Waals surface area contributed by atoms with E-state index in [2.05, 4.69) is 28.5 Å². The molecule has 0 amide bonds. The summed E-state index contributed by atoms with van der Waals surface area (Å²) in [6.07, 6.45) is 2.57. The number of nitrogens with one attached hydrogen (secondary N) is 1. The van der Waals surface area contributed by atoms with E-state index in [1.807, 2.05) is 7.05 Å². The van der Waals surface area contributed by atoms with Crippen molar-refractivity contribution in [2.45, 2.75) is 37.8 Å². The third-order valence-electron chi connectivity index (χ3n) is 3.43. The Hall–Kier alpha value is -1.02. The van der Waals surface area contributed by atoms with E-state index in [4.69, 9.17) is 5.73 Å². The lowest BCUT2D eigenvalue weighted by atomic mass is 10.2. The van der Waals surface area contributed by atoms with Crippen molar-refractivity contribution < 1.29 is 8.42 Å². The number of hydrogen-bond acceptors (Lipinski definition) is 5. The molecule has 0 aliphatic carbocycles. The third kappa shape index (κ3) is 4.52. The molecule has 0 aromatic carbocycles. The monoisotopic (exact) mass is 300 g/mol. The molecule has 0 saturated carbocycles. The summed E-state index contributed by atoms with van der Waals surface area (Å²) in [4.78, 5) is 6.28. The van der Waals surface area contributed by atoms with Crippen LogP contribution < -0.4 is 10.5 Å². The van der Waals surface area contributed by atoms with E-state index < -0.39 is 10.0 Å². The Kier molecular flexibility index (Phi) is 6.54. The van der Waals surface area contributed by atoms with Gasteiger partial charge in [0.25, 0.3) is 0 Å². The van der Waals surface area contributed by atoms with E-state index in [1.165, 1.54) is 12.3 Å². The van der Waals surface area contributed by atoms with Crippen LogP contribution in [0.2, 0.25) is 0 Å². The number of aromatic nitrogens is 1. The van der Waals surface area contributed by atoms with Gasteiger partial charge in [-0.05, 0) is 32.5 Å². The number of nitrogens with zero attached hydrogens (tertiary/aromatic N) is 2. The summed E-state index contributed by atoms with van der Waals surface area (Å²) in [5.41, 5.74) is 5.90. The molecule has 0 aliphatic rings. The molecule has 0 bridgehead atoms. The standard InChI is InChI=1S/C13H24N4O2S/c1-4-11(2)17(3)9-8-16-20(18,19)13-6-5-7-15-12(13)10-14/h5-7,11,16H,4,8-10,14H2,1-3H3. The molecule has 1 aromatic rings. The number of likely N-dealkylation sites (N-methyl/N-ethyl adjacent to an activating group) is 1. The number of pyridine rings is 1. The quantitative estimate of drug-likeness (QED) is 0.732. The van der Waals surface area contributed by atoms with Gasteiger partial charge in [-0.3, -0.25) is 4.98 Å². The van der Waals surface area contributed by atoms with E-state index in [9.17, 15) is 8.42 Å². The maximum Gasteiger partial charge on any atom is 0.242 e. The van der Waals surface area contributed by atoms with Crippen LogP contribution in [0.3, 0.4) is 0 Å². The largest absolute Gasteiger partial charge is 0.325 e. The summed E-state index contributed by atoms with van der Waals surface area (Å²) in [6, 6.07) is 3.55. The van der Waals surface area contributed by atoms with Gasteiger partial charge < -0.3 is 10.6 Å². The fourth-order valence-electron chi connectivity index (χ4n) is 1.79. The normalized spacial score (nSPS) is 13.7. The molecule has 20 heavy (non-hydrogen) atoms. The van der Waals surface area contributed by atoms with E-state index in [-0.39, 0.29) is 11.4 Å². The molecule has 3 N–H and O–H groups in total. The second-order valence-corrected chi connectivity index (χ2v) is 6.52. The minimum Gasteiger partial charge on any atom is -0.325 e. The van der Waals surface area contributed by atoms with Crippen LogP contribution >= 0.6 is 0 Å². The molecule has 114 valence electrons. The van der Waals surface area contributed by atoms with Crippen molar-refractivity contribution >= 4 is 10.0 Å². The van der Waals surface area contributed by atoms with Crippen LogP contribution in [0, 0.1) is 0 Å². The second kappa shape index (κ2) is 7.68. The molecular weight excluding hydrogens is 276 g/mol. The molecule has 1 unspecified atom stereocenters. The van der Waals surface area contributed by atoms with Crippen LogP contribution in [0.15, 0.2) is 23.2 Å². The van der Waals surface area contributed by atoms with Crippen LogP contribution in [-0.4, -0.2) is 44.5 Å². The van der Waals surface area contributed by atoms with Crippen LogP contribution in [0.4, 0.5) is 0 Å². The topological polar surface area (TPSA) is 88.3 Å². The summed E-state index contributed by atoms with van der Waals surface area (Å²) in [6.45, 7) is 5.34. The fraction of sp³-hybridized carbons (Fsp3) is 0.615. The molecule has 0 spiro atoms. The van der Waals surface area contributed by atoms with Crippen molar-refractivity contribution in [1.29, 1.82) is 0 Å². The van der Waals surface area contributed by atoms with Gasteiger partial charge >= 0.3 is 0 Å². The average molecular weight is 300 g/mol. The SMILES string of the molecule is CCC(C)N(C)CCNS(=O)(=O)c1cccnc1CN. The van der Waals surface area contributed by atoms with Crippen molar-refractivity contribution in [3.63, 3.8) is 0 Å². The van der Waals surface area contributed by atoms with E-state index in [0.29, 0.717) is 24.8 Å². The van der Waals surface area contributed by atoms with Crippen LogP contribution in [-0.2, 0) is 16.6 Å². The zero-order valence-electron chi connectivity index (χ0n) is 12.3. The fourth-order valence-corrected chi connectivity index (χ4v) is 3.01. The average Bonchev–Trinajstić information content (AvgIpc) is 2.45. The first-order valence-electron chi connectivity index (χ1n) is 6.76. The highest BCUT2D eigenvalue weighted by Crippen LogP contribution is 2.11. The molecule has 1 aromatic heterocycles. The number of rotatable bonds is 8. The molecule has 0 fully saturated rings. The molecule has 6 nitrogen and oxygen atoms in total. The Labute approximate surface area is 121 Å². The maximum absolute atomic E-state index is 12.2. The highest BCUT2D eigenvalue weighted by Gasteiger charge is 2.18. The van der Waals surface area contributed by atoms with Crippen molar-refractivity contribution in [1.82, 2.24) is 14.6 Å². The van der Waals surface area contributed by atoms with Crippen LogP contribution in [0.25, 0.3) is 0 Å². The number of nitrogens with two attached hydrogens (primary N) is 1. The molecular formula is C13H24N4O2S. The van der Waals surface area contributed by atoms with Crippen LogP contribution in [0.1, 0.15) is 26.0 Å². The molecule has 7 heteroatoms. The van der Waals surface area contributed by atoms with Gasteiger partial charge in [-0.1, -0.05) is 6.92 Å². The first kappa shape index (κ1) is 17.0. The molecule has 0 saturated heterocycles. The molecule has 0 radical (unpaired) electrons. The van der Waals surface area contributed by atoms with Gasteiger partial charge in [0.2, 0.25) is 10.0 Å². The van der Waals surface area contributed by atoms with Gasteiger partial charge in [-0.15, -0.1) is 0 Å². The van der Waals surface area contributed by atoms with Crippen molar-refractivity contribution in [3.05, 3.63) is 24.0 Å². The highest BCUT2D eigenvalue weighted by atomic mass is 32.2. The van der Waals surface area contributed by atoms with E-state index in [1.54, 1.807) is 6.07 Å². The maximum atomic E-state index is 12.2. The summed E-state index contributed by atoms with van der Waals surface area (Å²) < 4.78 is 27.0. The summed E-state index contributed by atoms with van der Waals surface area (Å²) in [7, 11) is -1.57. The Morgan fingerprint density at radius 3 is 2.80 bits per heavy atom. The van der Waals surface area contributed by atoms with Gasteiger partial charge in [0.05, 0.1) is 5.69 Å². The summed E-state index contributed by atoms with van der Waals surface area (Å²) in [5, 5.41) is 0. The summed E-state index contributed by atoms with van der Waals surface area (Å²) in [5.74, 6) is 0. The summed E-state index contributed by atoms with van der Waals surface area (Å²) >= 11 is 0. The van der Waals surface area contributed by atoms with Crippen molar-refractivity contribution in [2.24, 2.45) is 5.73 Å². The molecule has 0 aliphatic heterocycles. The minimum atomic E-state index is -3.55. The Morgan fingerprint density at radius 2 is 2.20 bits per heavy atom.